The molecule has 1 aromatic carbocycles. The lowest BCUT2D eigenvalue weighted by Gasteiger charge is -2.09. The van der Waals surface area contributed by atoms with Crippen LogP contribution in [-0.2, 0) is 14.1 Å². The highest BCUT2D eigenvalue weighted by Gasteiger charge is 2.22. The van der Waals surface area contributed by atoms with Crippen LogP contribution in [0.5, 0.6) is 0 Å². The number of nitrogens with zero attached hydrogens (tertiary/aromatic N) is 5. The predicted octanol–water partition coefficient (Wildman–Crippen LogP) is 1.91. The summed E-state index contributed by atoms with van der Waals surface area (Å²) in [6, 6.07) is 6.31. The minimum Gasteiger partial charge on any atom is -0.283 e. The first-order valence-corrected chi connectivity index (χ1v) is 8.47. The van der Waals surface area contributed by atoms with Crippen LogP contribution >= 0.6 is 0 Å². The molecule has 3 aromatic heterocycles. The third-order valence-electron chi connectivity index (χ3n) is 5.10. The van der Waals surface area contributed by atoms with Crippen molar-refractivity contribution in [2.24, 2.45) is 14.1 Å². The molecular formula is C19H21N5O2. The highest BCUT2D eigenvalue weighted by Crippen LogP contribution is 2.25. The van der Waals surface area contributed by atoms with Gasteiger partial charge in [0, 0.05) is 31.2 Å². The largest absolute Gasteiger partial charge is 0.332 e. The van der Waals surface area contributed by atoms with Gasteiger partial charge in [0.2, 0.25) is 5.78 Å². The molecule has 7 heteroatoms. The molecule has 0 saturated heterocycles. The van der Waals surface area contributed by atoms with Gasteiger partial charge in [-0.1, -0.05) is 6.07 Å². The second-order valence-corrected chi connectivity index (χ2v) is 6.98. The zero-order chi connectivity index (χ0) is 18.9. The van der Waals surface area contributed by atoms with E-state index >= 15 is 0 Å². The van der Waals surface area contributed by atoms with E-state index in [0.29, 0.717) is 16.9 Å². The molecule has 0 spiro atoms. The highest BCUT2D eigenvalue weighted by molar-refractivity contribution is 5.77. The van der Waals surface area contributed by atoms with E-state index in [-0.39, 0.29) is 11.2 Å². The Bertz CT molecular complexity index is 1310. The molecule has 26 heavy (non-hydrogen) atoms. The maximum absolute atomic E-state index is 12.8. The zero-order valence-corrected chi connectivity index (χ0v) is 15.8. The molecule has 0 atom stereocenters. The smallest absolute Gasteiger partial charge is 0.283 e. The van der Waals surface area contributed by atoms with Crippen LogP contribution < -0.4 is 11.2 Å². The summed E-state index contributed by atoms with van der Waals surface area (Å²) in [6.07, 6.45) is 0. The van der Waals surface area contributed by atoms with Crippen LogP contribution in [0.25, 0.3) is 22.6 Å². The van der Waals surface area contributed by atoms with E-state index in [4.69, 9.17) is 0 Å². The number of imidazole rings is 2. The van der Waals surface area contributed by atoms with Gasteiger partial charge in [-0.2, -0.15) is 4.98 Å². The van der Waals surface area contributed by atoms with Gasteiger partial charge in [0.25, 0.3) is 5.56 Å². The van der Waals surface area contributed by atoms with Crippen molar-refractivity contribution in [3.05, 3.63) is 61.6 Å². The Morgan fingerprint density at radius 3 is 2.08 bits per heavy atom. The Labute approximate surface area is 149 Å². The van der Waals surface area contributed by atoms with Crippen molar-refractivity contribution in [3.8, 4) is 5.69 Å². The molecule has 0 radical (unpaired) electrons. The van der Waals surface area contributed by atoms with Crippen molar-refractivity contribution in [3.63, 3.8) is 0 Å². The minimum atomic E-state index is -0.379. The van der Waals surface area contributed by atoms with Crippen molar-refractivity contribution in [2.45, 2.75) is 27.7 Å². The van der Waals surface area contributed by atoms with E-state index in [0.717, 1.165) is 32.8 Å². The topological polar surface area (TPSA) is 66.2 Å². The second kappa shape index (κ2) is 5.20. The van der Waals surface area contributed by atoms with Crippen LogP contribution in [0.1, 0.15) is 22.5 Å². The number of rotatable bonds is 1. The lowest BCUT2D eigenvalue weighted by molar-refractivity contribution is 0.707. The van der Waals surface area contributed by atoms with Crippen molar-refractivity contribution >= 4 is 16.9 Å². The molecule has 0 aliphatic rings. The van der Waals surface area contributed by atoms with Crippen LogP contribution in [0, 0.1) is 27.7 Å². The van der Waals surface area contributed by atoms with Gasteiger partial charge >= 0.3 is 5.69 Å². The Balaban J connectivity index is 2.26. The molecule has 0 bridgehead atoms. The van der Waals surface area contributed by atoms with E-state index in [1.54, 1.807) is 7.05 Å². The Morgan fingerprint density at radius 2 is 1.46 bits per heavy atom. The van der Waals surface area contributed by atoms with E-state index < -0.39 is 0 Å². The molecule has 4 rings (SSSR count). The van der Waals surface area contributed by atoms with Gasteiger partial charge in [-0.25, -0.2) is 4.79 Å². The summed E-state index contributed by atoms with van der Waals surface area (Å²) in [5, 5.41) is 0. The van der Waals surface area contributed by atoms with E-state index in [9.17, 15) is 9.59 Å². The molecule has 7 nitrogen and oxygen atoms in total. The fraction of sp³-hybridized carbons (Fsp3) is 0.316. The standard InChI is InChI=1S/C19H21N5O2/c1-10-7-11(2)9-14(8-10)23-12(3)13(4)24-15-16(20-18(23)24)21(5)19(26)22(6)17(15)25/h7-9H,1-6H3. The predicted molar refractivity (Wildman–Crippen MR) is 101 cm³/mol. The highest BCUT2D eigenvalue weighted by atomic mass is 16.2. The molecule has 0 aliphatic heterocycles. The summed E-state index contributed by atoms with van der Waals surface area (Å²) < 4.78 is 6.44. The van der Waals surface area contributed by atoms with Crippen LogP contribution in [0.15, 0.2) is 27.8 Å². The third-order valence-corrected chi connectivity index (χ3v) is 5.10. The van der Waals surface area contributed by atoms with E-state index in [1.165, 1.54) is 11.6 Å². The summed E-state index contributed by atoms with van der Waals surface area (Å²) in [5.41, 5.74) is 5.35. The number of fused-ring (bicyclic) bond motifs is 3. The summed E-state index contributed by atoms with van der Waals surface area (Å²) in [6.45, 7) is 8.09. The van der Waals surface area contributed by atoms with Gasteiger partial charge in [0.1, 0.15) is 0 Å². The first kappa shape index (κ1) is 16.4. The van der Waals surface area contributed by atoms with Crippen LogP contribution in [0.2, 0.25) is 0 Å². The van der Waals surface area contributed by atoms with Crippen LogP contribution in [-0.4, -0.2) is 23.1 Å². The summed E-state index contributed by atoms with van der Waals surface area (Å²) >= 11 is 0. The molecule has 0 aliphatic carbocycles. The van der Waals surface area contributed by atoms with Crippen molar-refractivity contribution in [1.29, 1.82) is 0 Å². The molecule has 3 heterocycles. The van der Waals surface area contributed by atoms with Gasteiger partial charge in [-0.05, 0) is 51.0 Å². The summed E-state index contributed by atoms with van der Waals surface area (Å²) in [5.74, 6) is 0.637. The van der Waals surface area contributed by atoms with E-state index in [2.05, 4.69) is 37.0 Å². The molecule has 0 saturated carbocycles. The maximum Gasteiger partial charge on any atom is 0.332 e. The lowest BCUT2D eigenvalue weighted by atomic mass is 10.1. The molecule has 0 amide bonds. The van der Waals surface area contributed by atoms with Gasteiger partial charge in [-0.15, -0.1) is 0 Å². The Kier molecular flexibility index (Phi) is 3.28. The fourth-order valence-corrected chi connectivity index (χ4v) is 3.71. The van der Waals surface area contributed by atoms with Gasteiger partial charge in [0.15, 0.2) is 11.2 Å². The van der Waals surface area contributed by atoms with Gasteiger partial charge in [0.05, 0.1) is 0 Å². The van der Waals surface area contributed by atoms with Gasteiger partial charge < -0.3 is 0 Å². The zero-order valence-electron chi connectivity index (χ0n) is 15.8. The number of aromatic nitrogens is 5. The maximum atomic E-state index is 12.8. The molecule has 134 valence electrons. The number of aryl methyl sites for hydroxylation is 4. The molecule has 0 N–H and O–H groups in total. The summed E-state index contributed by atoms with van der Waals surface area (Å²) in [4.78, 5) is 29.7. The fourth-order valence-electron chi connectivity index (χ4n) is 3.71. The first-order chi connectivity index (χ1) is 12.2. The summed E-state index contributed by atoms with van der Waals surface area (Å²) in [7, 11) is 3.13. The number of benzene rings is 1. The average molecular weight is 351 g/mol. The average Bonchev–Trinajstić information content (AvgIpc) is 3.06. The monoisotopic (exact) mass is 351 g/mol. The van der Waals surface area contributed by atoms with Crippen LogP contribution in [0.4, 0.5) is 0 Å². The molecule has 0 fully saturated rings. The number of hydrogen-bond donors (Lipinski definition) is 0. The van der Waals surface area contributed by atoms with Crippen LogP contribution in [0.3, 0.4) is 0 Å². The molecule has 4 aromatic rings. The third kappa shape index (κ3) is 1.97. The second-order valence-electron chi connectivity index (χ2n) is 6.98. The van der Waals surface area contributed by atoms with Gasteiger partial charge in [-0.3, -0.25) is 22.9 Å². The molecule has 0 unspecified atom stereocenters. The van der Waals surface area contributed by atoms with E-state index in [1.807, 2.05) is 22.8 Å². The normalized spacial score (nSPS) is 11.8. The Morgan fingerprint density at radius 1 is 0.846 bits per heavy atom. The Hall–Kier alpha value is -3.09. The number of hydrogen-bond acceptors (Lipinski definition) is 3. The van der Waals surface area contributed by atoms with Crippen molar-refractivity contribution in [1.82, 2.24) is 23.1 Å². The van der Waals surface area contributed by atoms with Crippen molar-refractivity contribution in [2.75, 3.05) is 0 Å². The van der Waals surface area contributed by atoms with Crippen molar-refractivity contribution < 1.29 is 0 Å². The SMILES string of the molecule is Cc1cc(C)cc(-n2c(C)c(C)n3c4c(=O)n(C)c(=O)n(C)c4nc23)c1. The quantitative estimate of drug-likeness (QED) is 0.526. The lowest BCUT2D eigenvalue weighted by Crippen LogP contribution is -2.37. The first-order valence-electron chi connectivity index (χ1n) is 8.47. The molecular weight excluding hydrogens is 330 g/mol. The minimum absolute atomic E-state index is 0.337.